The number of para-hydroxylation sites is 1. The van der Waals surface area contributed by atoms with Crippen LogP contribution in [0.5, 0.6) is 0 Å². The van der Waals surface area contributed by atoms with Crippen molar-refractivity contribution in [2.45, 2.75) is 26.9 Å². The van der Waals surface area contributed by atoms with Gasteiger partial charge in [-0.2, -0.15) is 0 Å². The average Bonchev–Trinajstić information content (AvgIpc) is 3.04. The fourth-order valence-corrected chi connectivity index (χ4v) is 2.75. The van der Waals surface area contributed by atoms with Crippen LogP contribution >= 0.6 is 0 Å². The van der Waals surface area contributed by atoms with Crippen molar-refractivity contribution >= 4 is 16.8 Å². The number of hydrogen-bond donors (Lipinski definition) is 0. The molecule has 0 saturated heterocycles. The highest BCUT2D eigenvalue weighted by molar-refractivity contribution is 5.97. The highest BCUT2D eigenvalue weighted by Crippen LogP contribution is 2.17. The van der Waals surface area contributed by atoms with Crippen LogP contribution in [0.4, 0.5) is 0 Å². The van der Waals surface area contributed by atoms with Gasteiger partial charge in [0.15, 0.2) is 5.78 Å². The lowest BCUT2D eigenvalue weighted by atomic mass is 10.1. The Morgan fingerprint density at radius 3 is 2.86 bits per heavy atom. The number of aromatic nitrogens is 4. The predicted octanol–water partition coefficient (Wildman–Crippen LogP) is 2.92. The summed E-state index contributed by atoms with van der Waals surface area (Å²) in [6, 6.07) is 9.57. The first-order chi connectivity index (χ1) is 10.6. The molecular weight excluding hydrogens is 276 g/mol. The Kier molecular flexibility index (Phi) is 3.63. The molecule has 0 bridgehead atoms. The second kappa shape index (κ2) is 5.60. The fraction of sp³-hybridized carbons (Fsp3) is 0.235. The minimum atomic E-state index is 0.0408. The molecule has 0 saturated carbocycles. The Balaban J connectivity index is 1.92. The van der Waals surface area contributed by atoms with Crippen molar-refractivity contribution in [1.82, 2.24) is 19.6 Å². The minimum absolute atomic E-state index is 0.0408. The molecule has 0 spiro atoms. The molecule has 0 aliphatic carbocycles. The first-order valence-corrected chi connectivity index (χ1v) is 7.21. The summed E-state index contributed by atoms with van der Waals surface area (Å²) in [5.41, 5.74) is 4.43. The third-order valence-corrected chi connectivity index (χ3v) is 3.90. The second-order valence-electron chi connectivity index (χ2n) is 5.34. The van der Waals surface area contributed by atoms with E-state index in [9.17, 15) is 4.79 Å². The number of hydrogen-bond acceptors (Lipinski definition) is 3. The smallest absolute Gasteiger partial charge is 0.186 e. The zero-order valence-corrected chi connectivity index (χ0v) is 12.8. The Bertz CT molecular complexity index is 857. The van der Waals surface area contributed by atoms with Crippen LogP contribution in [0.25, 0.3) is 11.0 Å². The standard InChI is InChI=1S/C17H18N4O/c1-4-9-20-12(2)10-14(13(20)3)17(22)11-21-16-8-6-5-7-15(16)18-19-21/h4-8,10H,1,9,11H2,2-3H3. The van der Waals surface area contributed by atoms with Crippen molar-refractivity contribution in [3.8, 4) is 0 Å². The van der Waals surface area contributed by atoms with E-state index in [4.69, 9.17) is 0 Å². The van der Waals surface area contributed by atoms with Crippen LogP contribution in [0.3, 0.4) is 0 Å². The van der Waals surface area contributed by atoms with Gasteiger partial charge in [-0.15, -0.1) is 11.7 Å². The van der Waals surface area contributed by atoms with Crippen molar-refractivity contribution in [3.05, 3.63) is 59.9 Å². The molecule has 5 heteroatoms. The summed E-state index contributed by atoms with van der Waals surface area (Å²) >= 11 is 0. The van der Waals surface area contributed by atoms with Gasteiger partial charge in [-0.25, -0.2) is 4.68 Å². The molecule has 2 heterocycles. The predicted molar refractivity (Wildman–Crippen MR) is 86.0 cm³/mol. The maximum atomic E-state index is 12.6. The van der Waals surface area contributed by atoms with Crippen LogP contribution in [0.1, 0.15) is 21.7 Å². The van der Waals surface area contributed by atoms with Crippen molar-refractivity contribution in [2.24, 2.45) is 0 Å². The van der Waals surface area contributed by atoms with Gasteiger partial charge in [0.1, 0.15) is 12.1 Å². The Labute approximate surface area is 128 Å². The third-order valence-electron chi connectivity index (χ3n) is 3.90. The van der Waals surface area contributed by atoms with Crippen LogP contribution in [0.2, 0.25) is 0 Å². The number of aryl methyl sites for hydroxylation is 1. The van der Waals surface area contributed by atoms with E-state index < -0.39 is 0 Å². The number of allylic oxidation sites excluding steroid dienone is 1. The molecule has 0 radical (unpaired) electrons. The van der Waals surface area contributed by atoms with Crippen LogP contribution in [0, 0.1) is 13.8 Å². The van der Waals surface area contributed by atoms with E-state index in [1.54, 1.807) is 4.68 Å². The molecule has 0 aliphatic heterocycles. The highest BCUT2D eigenvalue weighted by Gasteiger charge is 2.17. The maximum Gasteiger partial charge on any atom is 0.186 e. The molecule has 2 aromatic heterocycles. The SMILES string of the molecule is C=CCn1c(C)cc(C(=O)Cn2nnc3ccccc32)c1C. The van der Waals surface area contributed by atoms with E-state index >= 15 is 0 Å². The molecule has 3 aromatic rings. The summed E-state index contributed by atoms with van der Waals surface area (Å²) in [4.78, 5) is 12.6. The molecule has 22 heavy (non-hydrogen) atoms. The molecule has 112 valence electrons. The largest absolute Gasteiger partial charge is 0.345 e. The van der Waals surface area contributed by atoms with Gasteiger partial charge in [0, 0.05) is 23.5 Å². The van der Waals surface area contributed by atoms with Gasteiger partial charge in [0.25, 0.3) is 0 Å². The topological polar surface area (TPSA) is 52.7 Å². The van der Waals surface area contributed by atoms with E-state index in [2.05, 4.69) is 21.5 Å². The van der Waals surface area contributed by atoms with Crippen molar-refractivity contribution in [2.75, 3.05) is 0 Å². The first-order valence-electron chi connectivity index (χ1n) is 7.21. The monoisotopic (exact) mass is 294 g/mol. The van der Waals surface area contributed by atoms with Gasteiger partial charge >= 0.3 is 0 Å². The molecule has 0 aliphatic rings. The highest BCUT2D eigenvalue weighted by atomic mass is 16.1. The summed E-state index contributed by atoms with van der Waals surface area (Å²) in [5.74, 6) is 0.0408. The molecule has 5 nitrogen and oxygen atoms in total. The molecule has 0 N–H and O–H groups in total. The summed E-state index contributed by atoms with van der Waals surface area (Å²) in [5, 5.41) is 8.16. The van der Waals surface area contributed by atoms with E-state index in [0.29, 0.717) is 6.54 Å². The number of Topliss-reactive ketones (excluding diaryl/α,β-unsaturated/α-hetero) is 1. The molecule has 3 rings (SSSR count). The molecule has 0 unspecified atom stereocenters. The summed E-state index contributed by atoms with van der Waals surface area (Å²) in [6.45, 7) is 8.62. The van der Waals surface area contributed by atoms with E-state index in [-0.39, 0.29) is 12.3 Å². The quantitative estimate of drug-likeness (QED) is 0.537. The fourth-order valence-electron chi connectivity index (χ4n) is 2.75. The lowest BCUT2D eigenvalue weighted by molar-refractivity contribution is 0.0968. The van der Waals surface area contributed by atoms with Crippen molar-refractivity contribution in [3.63, 3.8) is 0 Å². The van der Waals surface area contributed by atoms with E-state index in [0.717, 1.165) is 28.0 Å². The maximum absolute atomic E-state index is 12.6. The van der Waals surface area contributed by atoms with Crippen LogP contribution in [-0.4, -0.2) is 25.3 Å². The number of carbonyl (C=O) groups excluding carboxylic acids is 1. The third kappa shape index (κ3) is 2.35. The van der Waals surface area contributed by atoms with E-state index in [1.165, 1.54) is 0 Å². The number of nitrogens with zero attached hydrogens (tertiary/aromatic N) is 4. The van der Waals surface area contributed by atoms with Crippen molar-refractivity contribution in [1.29, 1.82) is 0 Å². The van der Waals surface area contributed by atoms with Crippen LogP contribution in [-0.2, 0) is 13.1 Å². The summed E-state index contributed by atoms with van der Waals surface area (Å²) in [6.07, 6.45) is 1.83. The van der Waals surface area contributed by atoms with Gasteiger partial charge < -0.3 is 4.57 Å². The summed E-state index contributed by atoms with van der Waals surface area (Å²) < 4.78 is 3.73. The van der Waals surface area contributed by atoms with Gasteiger partial charge in [-0.1, -0.05) is 23.4 Å². The minimum Gasteiger partial charge on any atom is -0.345 e. The van der Waals surface area contributed by atoms with Gasteiger partial charge in [0.05, 0.1) is 5.52 Å². The first kappa shape index (κ1) is 14.3. The van der Waals surface area contributed by atoms with Gasteiger partial charge in [-0.05, 0) is 32.0 Å². The van der Waals surface area contributed by atoms with Gasteiger partial charge in [-0.3, -0.25) is 4.79 Å². The number of fused-ring (bicyclic) bond motifs is 1. The molecule has 0 fully saturated rings. The number of carbonyl (C=O) groups is 1. The Morgan fingerprint density at radius 1 is 1.32 bits per heavy atom. The number of ketones is 1. The van der Waals surface area contributed by atoms with Crippen molar-refractivity contribution < 1.29 is 4.79 Å². The molecule has 0 atom stereocenters. The molecule has 1 aromatic carbocycles. The number of benzene rings is 1. The lowest BCUT2D eigenvalue weighted by Crippen LogP contribution is -2.13. The lowest BCUT2D eigenvalue weighted by Gasteiger charge is -2.06. The zero-order chi connectivity index (χ0) is 15.7. The van der Waals surface area contributed by atoms with Crippen LogP contribution in [0.15, 0.2) is 43.0 Å². The van der Waals surface area contributed by atoms with E-state index in [1.807, 2.05) is 50.3 Å². The second-order valence-corrected chi connectivity index (χ2v) is 5.34. The van der Waals surface area contributed by atoms with Gasteiger partial charge in [0.2, 0.25) is 0 Å². The Hall–Kier alpha value is -2.69. The van der Waals surface area contributed by atoms with Crippen LogP contribution < -0.4 is 0 Å². The number of rotatable bonds is 5. The average molecular weight is 294 g/mol. The molecule has 0 amide bonds. The normalized spacial score (nSPS) is 11.0. The zero-order valence-electron chi connectivity index (χ0n) is 12.8. The summed E-state index contributed by atoms with van der Waals surface area (Å²) in [7, 11) is 0. The Morgan fingerprint density at radius 2 is 2.09 bits per heavy atom. The molecular formula is C17H18N4O.